The van der Waals surface area contributed by atoms with Crippen LogP contribution in [0.15, 0.2) is 33.5 Å². The molecule has 0 spiro atoms. The highest BCUT2D eigenvalue weighted by Crippen LogP contribution is 2.16. The Balaban J connectivity index is 2.45. The molecule has 0 aliphatic carbocycles. The van der Waals surface area contributed by atoms with Crippen LogP contribution in [0.5, 0.6) is 0 Å². The minimum Gasteiger partial charge on any atom is -0.294 e. The van der Waals surface area contributed by atoms with Crippen molar-refractivity contribution in [1.29, 1.82) is 5.26 Å². The van der Waals surface area contributed by atoms with Gasteiger partial charge >= 0.3 is 0 Å². The van der Waals surface area contributed by atoms with Crippen LogP contribution >= 0.6 is 15.9 Å². The van der Waals surface area contributed by atoms with Crippen molar-refractivity contribution in [2.75, 3.05) is 0 Å². The Kier molecular flexibility index (Phi) is 3.91. The van der Waals surface area contributed by atoms with Crippen LogP contribution in [0.4, 0.5) is 0 Å². The number of nitrogens with zero attached hydrogens (tertiary/aromatic N) is 2. The van der Waals surface area contributed by atoms with Crippen molar-refractivity contribution < 1.29 is 0 Å². The molecule has 1 N–H and O–H groups in total. The van der Waals surface area contributed by atoms with Crippen molar-refractivity contribution in [2.24, 2.45) is 5.92 Å². The molecular weight excluding hydrogens is 306 g/mol. The average molecular weight is 320 g/mol. The van der Waals surface area contributed by atoms with Gasteiger partial charge in [0.1, 0.15) is 4.47 Å². The Bertz CT molecular complexity index is 674. The van der Waals surface area contributed by atoms with Crippen molar-refractivity contribution in [3.05, 3.63) is 50.3 Å². The van der Waals surface area contributed by atoms with Crippen molar-refractivity contribution in [3.8, 4) is 11.8 Å². The monoisotopic (exact) mass is 319 g/mol. The topological polar surface area (TPSA) is 61.6 Å². The van der Waals surface area contributed by atoms with Gasteiger partial charge in [0, 0.05) is 0 Å². The van der Waals surface area contributed by atoms with E-state index in [1.165, 1.54) is 4.68 Å². The van der Waals surface area contributed by atoms with Gasteiger partial charge in [0.25, 0.3) is 5.56 Å². The maximum Gasteiger partial charge on any atom is 0.285 e. The number of aromatic amines is 1. The summed E-state index contributed by atoms with van der Waals surface area (Å²) in [5.41, 5.74) is 2.08. The Morgan fingerprint density at radius 2 is 2.00 bits per heavy atom. The van der Waals surface area contributed by atoms with Crippen LogP contribution in [-0.4, -0.2) is 9.78 Å². The summed E-state index contributed by atoms with van der Waals surface area (Å²) in [6.45, 7) is 4.20. The zero-order chi connectivity index (χ0) is 14.0. The summed E-state index contributed by atoms with van der Waals surface area (Å²) >= 11 is 3.34. The minimum atomic E-state index is -0.111. The molecule has 0 bridgehead atoms. The molecule has 0 unspecified atom stereocenters. The molecule has 2 aromatic rings. The summed E-state index contributed by atoms with van der Waals surface area (Å²) in [5.74, 6) is 0.462. The third kappa shape index (κ3) is 2.79. The Morgan fingerprint density at radius 3 is 2.53 bits per heavy atom. The van der Waals surface area contributed by atoms with E-state index < -0.39 is 0 Å². The number of nitrogens with one attached hydrogen (secondary N) is 1. The first-order valence-corrected chi connectivity index (χ1v) is 6.82. The Morgan fingerprint density at radius 1 is 1.37 bits per heavy atom. The Hall–Kier alpha value is -1.80. The zero-order valence-electron chi connectivity index (χ0n) is 10.8. The third-order valence-electron chi connectivity index (χ3n) is 2.77. The van der Waals surface area contributed by atoms with Crippen molar-refractivity contribution in [1.82, 2.24) is 9.78 Å². The van der Waals surface area contributed by atoms with E-state index in [0.29, 0.717) is 16.0 Å². The second-order valence-electron chi connectivity index (χ2n) is 4.80. The molecule has 0 fully saturated rings. The lowest BCUT2D eigenvalue weighted by Crippen LogP contribution is -2.14. The molecule has 4 nitrogen and oxygen atoms in total. The molecule has 0 aliphatic heterocycles. The fourth-order valence-corrected chi connectivity index (χ4v) is 2.30. The van der Waals surface area contributed by atoms with Crippen molar-refractivity contribution in [3.63, 3.8) is 0 Å². The molecular formula is C14H14BrN3O. The first-order valence-electron chi connectivity index (χ1n) is 6.03. The average Bonchev–Trinajstić information content (AvgIpc) is 2.67. The molecule has 1 aromatic carbocycles. The van der Waals surface area contributed by atoms with Crippen LogP contribution < -0.4 is 5.56 Å². The van der Waals surface area contributed by atoms with Crippen LogP contribution in [-0.2, 0) is 6.42 Å². The van der Waals surface area contributed by atoms with Crippen LogP contribution in [0.2, 0.25) is 0 Å². The van der Waals surface area contributed by atoms with Gasteiger partial charge < -0.3 is 0 Å². The van der Waals surface area contributed by atoms with E-state index >= 15 is 0 Å². The summed E-state index contributed by atoms with van der Waals surface area (Å²) in [4.78, 5) is 12.1. The summed E-state index contributed by atoms with van der Waals surface area (Å²) < 4.78 is 2.06. The summed E-state index contributed by atoms with van der Waals surface area (Å²) in [6, 6.07) is 8.95. The van der Waals surface area contributed by atoms with Gasteiger partial charge in [-0.25, -0.2) is 4.68 Å². The quantitative estimate of drug-likeness (QED) is 0.945. The van der Waals surface area contributed by atoms with E-state index in [9.17, 15) is 4.79 Å². The van der Waals surface area contributed by atoms with Gasteiger partial charge in [-0.05, 0) is 52.5 Å². The molecule has 1 heterocycles. The number of halogens is 1. The number of hydrogen-bond acceptors (Lipinski definition) is 2. The van der Waals surface area contributed by atoms with Gasteiger partial charge in [0.05, 0.1) is 23.0 Å². The zero-order valence-corrected chi connectivity index (χ0v) is 12.4. The molecule has 1 aromatic heterocycles. The normalized spacial score (nSPS) is 10.7. The Labute approximate surface area is 119 Å². The molecule has 0 aliphatic rings. The summed E-state index contributed by atoms with van der Waals surface area (Å²) in [7, 11) is 0. The highest BCUT2D eigenvalue weighted by Gasteiger charge is 2.13. The van der Waals surface area contributed by atoms with Gasteiger partial charge in [0.2, 0.25) is 0 Å². The number of hydrogen-bond donors (Lipinski definition) is 1. The van der Waals surface area contributed by atoms with E-state index in [-0.39, 0.29) is 5.56 Å². The smallest absolute Gasteiger partial charge is 0.285 e. The van der Waals surface area contributed by atoms with Gasteiger partial charge in [-0.2, -0.15) is 5.26 Å². The van der Waals surface area contributed by atoms with E-state index in [1.54, 1.807) is 24.3 Å². The van der Waals surface area contributed by atoms with Crippen LogP contribution in [0.1, 0.15) is 25.1 Å². The van der Waals surface area contributed by atoms with Gasteiger partial charge in [-0.3, -0.25) is 9.89 Å². The van der Waals surface area contributed by atoms with Crippen LogP contribution in [0.3, 0.4) is 0 Å². The number of rotatable bonds is 3. The molecule has 0 saturated carbocycles. The highest BCUT2D eigenvalue weighted by atomic mass is 79.9. The molecule has 0 saturated heterocycles. The molecule has 2 rings (SSSR count). The third-order valence-corrected chi connectivity index (χ3v) is 3.59. The minimum absolute atomic E-state index is 0.111. The van der Waals surface area contributed by atoms with Crippen molar-refractivity contribution >= 4 is 15.9 Å². The SMILES string of the molecule is CC(C)Cc1[nH]n(-c2ccc(C#N)cc2)c(=O)c1Br. The first kappa shape index (κ1) is 13.6. The lowest BCUT2D eigenvalue weighted by Gasteiger charge is -2.03. The van der Waals surface area contributed by atoms with E-state index in [4.69, 9.17) is 5.26 Å². The van der Waals surface area contributed by atoms with Crippen molar-refractivity contribution in [2.45, 2.75) is 20.3 Å². The van der Waals surface area contributed by atoms with E-state index in [0.717, 1.165) is 17.8 Å². The predicted molar refractivity (Wildman–Crippen MR) is 77.3 cm³/mol. The highest BCUT2D eigenvalue weighted by molar-refractivity contribution is 9.10. The van der Waals surface area contributed by atoms with Crippen LogP contribution in [0.25, 0.3) is 5.69 Å². The molecule has 0 atom stereocenters. The largest absolute Gasteiger partial charge is 0.294 e. The summed E-state index contributed by atoms with van der Waals surface area (Å²) in [6.07, 6.45) is 0.805. The molecule has 0 amide bonds. The predicted octanol–water partition coefficient (Wildman–Crippen LogP) is 3.00. The second-order valence-corrected chi connectivity index (χ2v) is 5.59. The molecule has 19 heavy (non-hydrogen) atoms. The maximum absolute atomic E-state index is 12.1. The number of nitriles is 1. The fourth-order valence-electron chi connectivity index (χ4n) is 1.87. The number of benzene rings is 1. The van der Waals surface area contributed by atoms with Gasteiger partial charge in [0.15, 0.2) is 0 Å². The standard InChI is InChI=1S/C14H14BrN3O/c1-9(2)7-12-13(15)14(19)18(17-12)11-5-3-10(8-16)4-6-11/h3-6,9,17H,7H2,1-2H3. The maximum atomic E-state index is 12.1. The van der Waals surface area contributed by atoms with Crippen LogP contribution in [0, 0.1) is 17.2 Å². The molecule has 5 heteroatoms. The second kappa shape index (κ2) is 5.45. The number of H-pyrrole nitrogens is 1. The number of aromatic nitrogens is 2. The molecule has 98 valence electrons. The fraction of sp³-hybridized carbons (Fsp3) is 0.286. The van der Waals surface area contributed by atoms with Gasteiger partial charge in [-0.15, -0.1) is 0 Å². The lowest BCUT2D eigenvalue weighted by atomic mass is 10.1. The first-order chi connectivity index (χ1) is 9.02. The van der Waals surface area contributed by atoms with Gasteiger partial charge in [-0.1, -0.05) is 13.8 Å². The van der Waals surface area contributed by atoms with E-state index in [2.05, 4.69) is 40.9 Å². The lowest BCUT2D eigenvalue weighted by molar-refractivity contribution is 0.626. The van der Waals surface area contributed by atoms with E-state index in [1.807, 2.05) is 0 Å². The molecule has 0 radical (unpaired) electrons. The summed E-state index contributed by atoms with van der Waals surface area (Å²) in [5, 5.41) is 11.9.